The third kappa shape index (κ3) is 4.34. The minimum absolute atomic E-state index is 0. The van der Waals surface area contributed by atoms with Crippen LogP contribution >= 0.6 is 24.2 Å². The van der Waals surface area contributed by atoms with E-state index in [1.807, 2.05) is 0 Å². The van der Waals surface area contributed by atoms with Crippen LogP contribution in [0.2, 0.25) is 0 Å². The van der Waals surface area contributed by atoms with Gasteiger partial charge in [-0.25, -0.2) is 0 Å². The van der Waals surface area contributed by atoms with Crippen LogP contribution in [0.1, 0.15) is 63.9 Å². The van der Waals surface area contributed by atoms with E-state index in [2.05, 4.69) is 4.90 Å². The Morgan fingerprint density at radius 1 is 1.06 bits per heavy atom. The number of rotatable bonds is 4. The highest BCUT2D eigenvalue weighted by Crippen LogP contribution is 2.58. The van der Waals surface area contributed by atoms with Crippen LogP contribution in [0.25, 0.3) is 0 Å². The van der Waals surface area contributed by atoms with E-state index in [0.29, 0.717) is 17.5 Å². The number of hydrogen-bond donors (Lipinski definition) is 0. The van der Waals surface area contributed by atoms with E-state index in [-0.39, 0.29) is 30.0 Å². The average Bonchev–Trinajstić information content (AvgIpc) is 3.48. The Morgan fingerprint density at radius 2 is 1.62 bits per heavy atom. The van der Waals surface area contributed by atoms with Crippen LogP contribution in [-0.4, -0.2) is 39.5 Å². The molecule has 186 valence electrons. The molecular formula is C25H31ClF3N3OS. The summed E-state index contributed by atoms with van der Waals surface area (Å²) < 4.78 is 39.2. The molecule has 4 nitrogen and oxygen atoms in total. The fourth-order valence-corrected chi connectivity index (χ4v) is 8.54. The van der Waals surface area contributed by atoms with Gasteiger partial charge in [0.1, 0.15) is 6.17 Å². The van der Waals surface area contributed by atoms with Crippen molar-refractivity contribution in [1.82, 2.24) is 4.90 Å². The minimum atomic E-state index is -4.39. The quantitative estimate of drug-likeness (QED) is 0.471. The summed E-state index contributed by atoms with van der Waals surface area (Å²) in [5, 5.41) is 1.06. The molecule has 7 rings (SSSR count). The van der Waals surface area contributed by atoms with Crippen LogP contribution in [0.4, 0.5) is 18.9 Å². The Labute approximate surface area is 209 Å². The molecular weight excluding hydrogens is 483 g/mol. The molecule has 0 spiro atoms. The second kappa shape index (κ2) is 8.61. The van der Waals surface area contributed by atoms with Gasteiger partial charge in [-0.15, -0.1) is 12.4 Å². The molecule has 1 atom stereocenters. The highest BCUT2D eigenvalue weighted by molar-refractivity contribution is 8.14. The van der Waals surface area contributed by atoms with Crippen LogP contribution < -0.4 is 4.90 Å². The molecule has 0 aromatic heterocycles. The van der Waals surface area contributed by atoms with Gasteiger partial charge in [-0.05, 0) is 93.4 Å². The van der Waals surface area contributed by atoms with E-state index in [1.54, 1.807) is 16.7 Å². The first kappa shape index (κ1) is 24.3. The molecule has 1 amide bonds. The Hall–Kier alpha value is -1.41. The lowest BCUT2D eigenvalue weighted by Crippen LogP contribution is -2.53. The maximum Gasteiger partial charge on any atom is 0.416 e. The number of carbonyl (C=O) groups excluding carboxylic acids is 1. The van der Waals surface area contributed by atoms with E-state index in [1.165, 1.54) is 57.6 Å². The molecule has 0 radical (unpaired) electrons. The molecule has 1 unspecified atom stereocenters. The number of halogens is 4. The van der Waals surface area contributed by atoms with E-state index in [4.69, 9.17) is 4.99 Å². The summed E-state index contributed by atoms with van der Waals surface area (Å²) in [6.07, 6.45) is 5.27. The molecule has 9 heteroatoms. The Morgan fingerprint density at radius 3 is 2.09 bits per heavy atom. The second-order valence-corrected chi connectivity index (χ2v) is 11.9. The summed E-state index contributed by atoms with van der Waals surface area (Å²) in [5.41, 5.74) is -0.115. The summed E-state index contributed by atoms with van der Waals surface area (Å²) in [6.45, 7) is 1.50. The molecule has 34 heavy (non-hydrogen) atoms. The Balaban J connectivity index is 0.00000241. The fourth-order valence-electron chi connectivity index (χ4n) is 7.25. The maximum atomic E-state index is 13.1. The number of alkyl halides is 3. The third-order valence-corrected chi connectivity index (χ3v) is 9.32. The van der Waals surface area contributed by atoms with E-state index in [0.717, 1.165) is 47.9 Å². The van der Waals surface area contributed by atoms with Crippen LogP contribution in [0.3, 0.4) is 0 Å². The predicted octanol–water partition coefficient (Wildman–Crippen LogP) is 6.34. The monoisotopic (exact) mass is 513 g/mol. The SMILES string of the molecule is CC(=O)N(c1ccc(C(F)(F)F)cc1)C1CSC(=NC23CC4CC(CC(C4)C2)C3)N1C1CC1.Cl. The summed E-state index contributed by atoms with van der Waals surface area (Å²) in [5.74, 6) is 3.00. The molecule has 5 saturated carbocycles. The molecule has 4 bridgehead atoms. The van der Waals surface area contributed by atoms with Crippen LogP contribution in [0.5, 0.6) is 0 Å². The first-order valence-corrected chi connectivity index (χ1v) is 13.2. The van der Waals surface area contributed by atoms with Crippen molar-refractivity contribution >= 4 is 40.9 Å². The summed E-state index contributed by atoms with van der Waals surface area (Å²) in [7, 11) is 0. The topological polar surface area (TPSA) is 35.9 Å². The van der Waals surface area contributed by atoms with Gasteiger partial charge in [0.25, 0.3) is 0 Å². The molecule has 6 aliphatic rings. The molecule has 1 heterocycles. The lowest BCUT2D eigenvalue weighted by atomic mass is 9.53. The van der Waals surface area contributed by atoms with E-state index < -0.39 is 11.7 Å². The number of amides is 1. The second-order valence-electron chi connectivity index (χ2n) is 10.9. The van der Waals surface area contributed by atoms with Crippen molar-refractivity contribution in [2.45, 2.75) is 82.2 Å². The highest BCUT2D eigenvalue weighted by Gasteiger charge is 2.53. The maximum absolute atomic E-state index is 13.1. The van der Waals surface area contributed by atoms with Gasteiger partial charge in [0, 0.05) is 24.4 Å². The highest BCUT2D eigenvalue weighted by atomic mass is 35.5. The number of hydrogen-bond acceptors (Lipinski definition) is 3. The van der Waals surface area contributed by atoms with E-state index >= 15 is 0 Å². The lowest BCUT2D eigenvalue weighted by molar-refractivity contribution is -0.137. The van der Waals surface area contributed by atoms with Crippen molar-refractivity contribution in [3.05, 3.63) is 29.8 Å². The van der Waals surface area contributed by atoms with Gasteiger partial charge in [0.2, 0.25) is 5.91 Å². The van der Waals surface area contributed by atoms with Crippen molar-refractivity contribution in [2.24, 2.45) is 22.7 Å². The van der Waals surface area contributed by atoms with Crippen molar-refractivity contribution < 1.29 is 18.0 Å². The van der Waals surface area contributed by atoms with Crippen molar-refractivity contribution in [3.63, 3.8) is 0 Å². The summed E-state index contributed by atoms with van der Waals surface area (Å²) in [4.78, 5) is 22.2. The Bertz CT molecular complexity index is 943. The number of aliphatic imine (C=N–C) groups is 1. The van der Waals surface area contributed by atoms with Gasteiger partial charge in [-0.1, -0.05) is 11.8 Å². The summed E-state index contributed by atoms with van der Waals surface area (Å²) >= 11 is 1.73. The predicted molar refractivity (Wildman–Crippen MR) is 131 cm³/mol. The largest absolute Gasteiger partial charge is 0.416 e. The molecule has 6 fully saturated rings. The standard InChI is InChI=1S/C25H30F3N3OS.ClH/c1-15(32)30(20-4-2-19(3-5-20)25(26,27)28)22-14-33-23(31(22)21-6-7-21)29-24-11-16-8-17(12-24)10-18(9-16)13-24;/h2-5,16-18,21-22H,6-14H2,1H3;1H. The average molecular weight is 514 g/mol. The van der Waals surface area contributed by atoms with Gasteiger partial charge < -0.3 is 4.90 Å². The van der Waals surface area contributed by atoms with Gasteiger partial charge in [-0.3, -0.25) is 14.7 Å². The molecule has 5 aliphatic carbocycles. The number of amidine groups is 1. The lowest BCUT2D eigenvalue weighted by Gasteiger charge is -2.55. The molecule has 1 aromatic carbocycles. The zero-order valence-corrected chi connectivity index (χ0v) is 20.9. The van der Waals surface area contributed by atoms with Gasteiger partial charge in [-0.2, -0.15) is 13.2 Å². The van der Waals surface area contributed by atoms with Crippen molar-refractivity contribution in [2.75, 3.05) is 10.7 Å². The van der Waals surface area contributed by atoms with Crippen LogP contribution in [0.15, 0.2) is 29.3 Å². The Kier molecular flexibility index (Phi) is 6.15. The normalized spacial score (nSPS) is 35.5. The van der Waals surface area contributed by atoms with Crippen LogP contribution in [-0.2, 0) is 11.0 Å². The fraction of sp³-hybridized carbons (Fsp3) is 0.680. The van der Waals surface area contributed by atoms with Gasteiger partial charge in [0.15, 0.2) is 5.17 Å². The first-order valence-electron chi connectivity index (χ1n) is 12.2. The number of benzene rings is 1. The number of carbonyl (C=O) groups is 1. The molecule has 1 aromatic rings. The first-order chi connectivity index (χ1) is 15.7. The third-order valence-electron chi connectivity index (χ3n) is 8.29. The number of anilines is 1. The molecule has 1 saturated heterocycles. The van der Waals surface area contributed by atoms with E-state index in [9.17, 15) is 18.0 Å². The minimum Gasteiger partial charge on any atom is -0.327 e. The number of thioether (sulfide) groups is 1. The summed E-state index contributed by atoms with van der Waals surface area (Å²) in [6, 6.07) is 5.36. The number of nitrogens with zero attached hydrogens (tertiary/aromatic N) is 3. The van der Waals surface area contributed by atoms with Crippen LogP contribution in [0, 0.1) is 17.8 Å². The smallest absolute Gasteiger partial charge is 0.327 e. The zero-order chi connectivity index (χ0) is 23.0. The molecule has 0 N–H and O–H groups in total. The van der Waals surface area contributed by atoms with Crippen molar-refractivity contribution in [3.8, 4) is 0 Å². The zero-order valence-electron chi connectivity index (χ0n) is 19.3. The van der Waals surface area contributed by atoms with Gasteiger partial charge >= 0.3 is 6.18 Å². The van der Waals surface area contributed by atoms with Gasteiger partial charge in [0.05, 0.1) is 11.1 Å². The molecule has 1 aliphatic heterocycles. The van der Waals surface area contributed by atoms with Crippen molar-refractivity contribution in [1.29, 1.82) is 0 Å².